The van der Waals surface area contributed by atoms with Crippen LogP contribution in [0.25, 0.3) is 0 Å². The average molecular weight is 380 g/mol. The monoisotopic (exact) mass is 379 g/mol. The molecule has 1 N–H and O–H groups in total. The Bertz CT molecular complexity index is 759. The largest absolute Gasteiger partial charge is 0.346 e. The molecule has 2 rings (SSSR count). The van der Waals surface area contributed by atoms with E-state index in [9.17, 15) is 14.9 Å². The van der Waals surface area contributed by atoms with Gasteiger partial charge in [-0.15, -0.1) is 23.1 Å². The van der Waals surface area contributed by atoms with Crippen molar-refractivity contribution in [3.05, 3.63) is 50.0 Å². The minimum absolute atomic E-state index is 0.0223. The fraction of sp³-hybridized carbons (Fsp3) is 0.412. The van der Waals surface area contributed by atoms with Gasteiger partial charge in [0.05, 0.1) is 27.1 Å². The smallest absolute Gasteiger partial charge is 0.283 e. The SMILES string of the molecule is Cc1nc(CNC(=O)c2ccc(SCCC(C)C)c([N+](=O)[O-])c2)cs1. The van der Waals surface area contributed by atoms with Gasteiger partial charge in [0.25, 0.3) is 11.6 Å². The van der Waals surface area contributed by atoms with Crippen LogP contribution in [0.4, 0.5) is 5.69 Å². The van der Waals surface area contributed by atoms with Gasteiger partial charge < -0.3 is 5.32 Å². The third kappa shape index (κ3) is 5.82. The normalized spacial score (nSPS) is 10.9. The maximum atomic E-state index is 12.2. The first-order valence-electron chi connectivity index (χ1n) is 7.97. The minimum atomic E-state index is -0.432. The van der Waals surface area contributed by atoms with E-state index in [-0.39, 0.29) is 17.2 Å². The molecule has 0 aliphatic heterocycles. The lowest BCUT2D eigenvalue weighted by Crippen LogP contribution is -2.23. The molecule has 1 amide bonds. The topological polar surface area (TPSA) is 85.1 Å². The summed E-state index contributed by atoms with van der Waals surface area (Å²) in [5, 5.41) is 16.9. The van der Waals surface area contributed by atoms with E-state index in [1.807, 2.05) is 12.3 Å². The molecule has 1 heterocycles. The zero-order valence-electron chi connectivity index (χ0n) is 14.4. The number of benzene rings is 1. The number of nitro benzene ring substituents is 1. The maximum Gasteiger partial charge on any atom is 0.283 e. The van der Waals surface area contributed by atoms with E-state index in [0.717, 1.165) is 22.9 Å². The summed E-state index contributed by atoms with van der Waals surface area (Å²) in [6, 6.07) is 4.64. The number of nitro groups is 1. The quantitative estimate of drug-likeness (QED) is 0.417. The number of hydrogen-bond donors (Lipinski definition) is 1. The number of hydrogen-bond acceptors (Lipinski definition) is 6. The van der Waals surface area contributed by atoms with Crippen LogP contribution in [0.15, 0.2) is 28.5 Å². The molecule has 0 saturated heterocycles. The van der Waals surface area contributed by atoms with E-state index in [1.165, 1.54) is 29.2 Å². The van der Waals surface area contributed by atoms with Crippen molar-refractivity contribution in [2.45, 2.75) is 38.6 Å². The van der Waals surface area contributed by atoms with Crippen LogP contribution in [0.2, 0.25) is 0 Å². The molecule has 2 aromatic rings. The molecule has 8 heteroatoms. The Kier molecular flexibility index (Phi) is 6.95. The first-order valence-corrected chi connectivity index (χ1v) is 9.83. The summed E-state index contributed by atoms with van der Waals surface area (Å²) in [4.78, 5) is 28.0. The van der Waals surface area contributed by atoms with Crippen LogP contribution >= 0.6 is 23.1 Å². The van der Waals surface area contributed by atoms with Gasteiger partial charge in [0, 0.05) is 17.0 Å². The van der Waals surface area contributed by atoms with Crippen LogP contribution in [0.5, 0.6) is 0 Å². The van der Waals surface area contributed by atoms with Gasteiger partial charge in [0.2, 0.25) is 0 Å². The second-order valence-electron chi connectivity index (χ2n) is 6.01. The number of nitrogens with one attached hydrogen (secondary N) is 1. The van der Waals surface area contributed by atoms with Gasteiger partial charge in [-0.2, -0.15) is 0 Å². The van der Waals surface area contributed by atoms with Crippen molar-refractivity contribution in [3.63, 3.8) is 0 Å². The third-order valence-electron chi connectivity index (χ3n) is 3.47. The van der Waals surface area contributed by atoms with Crippen molar-refractivity contribution in [1.82, 2.24) is 10.3 Å². The van der Waals surface area contributed by atoms with E-state index in [2.05, 4.69) is 24.1 Å². The van der Waals surface area contributed by atoms with Gasteiger partial charge in [-0.3, -0.25) is 14.9 Å². The Hall–Kier alpha value is -1.93. The number of carbonyl (C=O) groups is 1. The van der Waals surface area contributed by atoms with Crippen molar-refractivity contribution in [1.29, 1.82) is 0 Å². The van der Waals surface area contributed by atoms with Gasteiger partial charge >= 0.3 is 0 Å². The Morgan fingerprint density at radius 1 is 1.44 bits per heavy atom. The molecule has 0 fully saturated rings. The molecule has 25 heavy (non-hydrogen) atoms. The Morgan fingerprint density at radius 3 is 2.80 bits per heavy atom. The van der Waals surface area contributed by atoms with E-state index in [1.54, 1.807) is 12.1 Å². The van der Waals surface area contributed by atoms with E-state index in [0.29, 0.717) is 17.4 Å². The van der Waals surface area contributed by atoms with E-state index >= 15 is 0 Å². The van der Waals surface area contributed by atoms with Gasteiger partial charge in [-0.1, -0.05) is 13.8 Å². The molecule has 6 nitrogen and oxygen atoms in total. The van der Waals surface area contributed by atoms with Gasteiger partial charge in [0.15, 0.2) is 0 Å². The zero-order chi connectivity index (χ0) is 18.4. The molecule has 0 aliphatic rings. The van der Waals surface area contributed by atoms with Gasteiger partial charge in [-0.25, -0.2) is 4.98 Å². The van der Waals surface area contributed by atoms with Crippen molar-refractivity contribution >= 4 is 34.7 Å². The van der Waals surface area contributed by atoms with Crippen LogP contribution in [-0.2, 0) is 6.54 Å². The lowest BCUT2D eigenvalue weighted by atomic mass is 10.2. The molecule has 0 aliphatic carbocycles. The second kappa shape index (κ2) is 8.96. The summed E-state index contributed by atoms with van der Waals surface area (Å²) >= 11 is 2.97. The van der Waals surface area contributed by atoms with Crippen molar-refractivity contribution in [2.75, 3.05) is 5.75 Å². The van der Waals surface area contributed by atoms with Crippen molar-refractivity contribution in [2.24, 2.45) is 5.92 Å². The first-order chi connectivity index (χ1) is 11.9. The maximum absolute atomic E-state index is 12.2. The lowest BCUT2D eigenvalue weighted by molar-refractivity contribution is -0.387. The van der Waals surface area contributed by atoms with Crippen LogP contribution in [0.3, 0.4) is 0 Å². The summed E-state index contributed by atoms with van der Waals surface area (Å²) in [5.41, 5.74) is 1.05. The highest BCUT2D eigenvalue weighted by atomic mass is 32.2. The van der Waals surface area contributed by atoms with Crippen LogP contribution in [0, 0.1) is 23.0 Å². The molecule has 1 aromatic carbocycles. The number of nitrogens with zero attached hydrogens (tertiary/aromatic N) is 2. The van der Waals surface area contributed by atoms with Crippen LogP contribution in [0.1, 0.15) is 41.3 Å². The van der Waals surface area contributed by atoms with Crippen LogP contribution in [-0.4, -0.2) is 21.6 Å². The number of thioether (sulfide) groups is 1. The highest BCUT2D eigenvalue weighted by Gasteiger charge is 2.18. The Balaban J connectivity index is 2.06. The predicted octanol–water partition coefficient (Wildman–Crippen LogP) is 4.43. The average Bonchev–Trinajstić information content (AvgIpc) is 2.97. The number of rotatable bonds is 8. The summed E-state index contributed by atoms with van der Waals surface area (Å²) < 4.78 is 0. The number of aryl methyl sites for hydroxylation is 1. The third-order valence-corrected chi connectivity index (χ3v) is 5.39. The summed E-state index contributed by atoms with van der Waals surface area (Å²) in [5.74, 6) is 1.02. The first kappa shape index (κ1) is 19.4. The number of aromatic nitrogens is 1. The fourth-order valence-electron chi connectivity index (χ4n) is 2.09. The molecular weight excluding hydrogens is 358 g/mol. The molecule has 0 bridgehead atoms. The summed E-state index contributed by atoms with van der Waals surface area (Å²) in [6.07, 6.45) is 0.983. The van der Waals surface area contributed by atoms with Gasteiger partial charge in [0.1, 0.15) is 0 Å². The number of amides is 1. The molecule has 134 valence electrons. The molecule has 0 spiro atoms. The highest BCUT2D eigenvalue weighted by molar-refractivity contribution is 7.99. The Morgan fingerprint density at radius 2 is 2.20 bits per heavy atom. The standard InChI is InChI=1S/C17H21N3O3S2/c1-11(2)6-7-24-16-5-4-13(8-15(16)20(22)23)17(21)18-9-14-10-25-12(3)19-14/h4-5,8,10-11H,6-7,9H2,1-3H3,(H,18,21). The minimum Gasteiger partial charge on any atom is -0.346 e. The summed E-state index contributed by atoms with van der Waals surface area (Å²) in [6.45, 7) is 6.44. The van der Waals surface area contributed by atoms with E-state index < -0.39 is 4.92 Å². The molecule has 0 radical (unpaired) electrons. The molecule has 0 unspecified atom stereocenters. The Labute approximate surface area is 155 Å². The lowest BCUT2D eigenvalue weighted by Gasteiger charge is -2.07. The second-order valence-corrected chi connectivity index (χ2v) is 8.21. The van der Waals surface area contributed by atoms with Gasteiger partial charge in [-0.05, 0) is 37.1 Å². The number of carbonyl (C=O) groups excluding carboxylic acids is 1. The van der Waals surface area contributed by atoms with E-state index in [4.69, 9.17) is 0 Å². The van der Waals surface area contributed by atoms with Crippen molar-refractivity contribution < 1.29 is 9.72 Å². The summed E-state index contributed by atoms with van der Waals surface area (Å²) in [7, 11) is 0. The number of thiazole rings is 1. The molecular formula is C17H21N3O3S2. The van der Waals surface area contributed by atoms with Crippen LogP contribution < -0.4 is 5.32 Å². The molecule has 0 atom stereocenters. The predicted molar refractivity (Wildman–Crippen MR) is 101 cm³/mol. The van der Waals surface area contributed by atoms with Crippen molar-refractivity contribution in [3.8, 4) is 0 Å². The zero-order valence-corrected chi connectivity index (χ0v) is 16.1. The fourth-order valence-corrected chi connectivity index (χ4v) is 3.96. The molecule has 0 saturated carbocycles. The highest BCUT2D eigenvalue weighted by Crippen LogP contribution is 2.31. The molecule has 1 aromatic heterocycles.